The number of rotatable bonds is 8. The summed E-state index contributed by atoms with van der Waals surface area (Å²) in [4.78, 5) is 12.2. The summed E-state index contributed by atoms with van der Waals surface area (Å²) in [6.45, 7) is 8.88. The normalized spacial score (nSPS) is 14.2. The van der Waals surface area contributed by atoms with Gasteiger partial charge in [0.05, 0.1) is 23.4 Å². The lowest BCUT2D eigenvalue weighted by Gasteiger charge is -2.16. The van der Waals surface area contributed by atoms with E-state index in [1.165, 1.54) is 0 Å². The largest absolute Gasteiger partial charge is 0.494 e. The standard InChI is InChI=1S/C27H31N3O3/c1-5-14-32-22-12-13-23-24(16-28)26(30(17(2)3)25(23)15-22)20-8-10-21(11-9-20)29-27(31)33-18(4)19-6-7-19/h8-13,15,17-19H,5-7,14H2,1-4H3,(H,29,31). The van der Waals surface area contributed by atoms with Gasteiger partial charge in [-0.05, 0) is 75.8 Å². The van der Waals surface area contributed by atoms with Gasteiger partial charge in [-0.3, -0.25) is 5.32 Å². The lowest BCUT2D eigenvalue weighted by Crippen LogP contribution is -2.21. The summed E-state index contributed by atoms with van der Waals surface area (Å²) in [7, 11) is 0. The van der Waals surface area contributed by atoms with E-state index in [2.05, 4.69) is 36.7 Å². The maximum Gasteiger partial charge on any atom is 0.411 e. The molecule has 4 rings (SSSR count). The fourth-order valence-electron chi connectivity index (χ4n) is 4.22. The molecule has 1 heterocycles. The molecule has 1 fully saturated rings. The van der Waals surface area contributed by atoms with Crippen LogP contribution in [0.3, 0.4) is 0 Å². The summed E-state index contributed by atoms with van der Waals surface area (Å²) in [6, 6.07) is 16.0. The lowest BCUT2D eigenvalue weighted by atomic mass is 10.1. The zero-order valence-corrected chi connectivity index (χ0v) is 19.7. The second-order valence-electron chi connectivity index (χ2n) is 8.98. The summed E-state index contributed by atoms with van der Waals surface area (Å²) in [6.07, 6.45) is 2.69. The Bertz CT molecular complexity index is 1180. The SMILES string of the molecule is CCCOc1ccc2c(C#N)c(-c3ccc(NC(=O)OC(C)C4CC4)cc3)n(C(C)C)c2c1. The molecule has 6 heteroatoms. The molecule has 0 saturated heterocycles. The maximum absolute atomic E-state index is 12.2. The van der Waals surface area contributed by atoms with Crippen LogP contribution in [0.2, 0.25) is 0 Å². The quantitative estimate of drug-likeness (QED) is 0.409. The van der Waals surface area contributed by atoms with Crippen molar-refractivity contribution in [3.05, 3.63) is 48.0 Å². The van der Waals surface area contributed by atoms with Crippen molar-refractivity contribution in [1.82, 2.24) is 4.57 Å². The van der Waals surface area contributed by atoms with E-state index in [9.17, 15) is 10.1 Å². The number of nitrogens with zero attached hydrogens (tertiary/aromatic N) is 2. The van der Waals surface area contributed by atoms with E-state index in [0.29, 0.717) is 23.8 Å². The molecule has 6 nitrogen and oxygen atoms in total. The van der Waals surface area contributed by atoms with Gasteiger partial charge in [0.15, 0.2) is 0 Å². The number of benzene rings is 2. The average Bonchev–Trinajstić information content (AvgIpc) is 3.59. The number of nitriles is 1. The zero-order chi connectivity index (χ0) is 23.5. The highest BCUT2D eigenvalue weighted by Crippen LogP contribution is 2.38. The molecule has 33 heavy (non-hydrogen) atoms. The number of aromatic nitrogens is 1. The van der Waals surface area contributed by atoms with Gasteiger partial charge in [-0.1, -0.05) is 19.1 Å². The number of nitrogens with one attached hydrogen (secondary N) is 1. The third-order valence-corrected chi connectivity index (χ3v) is 6.06. The Morgan fingerprint density at radius 2 is 1.91 bits per heavy atom. The van der Waals surface area contributed by atoms with Gasteiger partial charge in [0, 0.05) is 23.2 Å². The first-order valence-corrected chi connectivity index (χ1v) is 11.7. The number of carbonyl (C=O) groups excluding carboxylic acids is 1. The fourth-order valence-corrected chi connectivity index (χ4v) is 4.22. The van der Waals surface area contributed by atoms with E-state index in [0.717, 1.165) is 47.2 Å². The minimum atomic E-state index is -0.434. The smallest absolute Gasteiger partial charge is 0.411 e. The van der Waals surface area contributed by atoms with E-state index in [1.54, 1.807) is 0 Å². The Labute approximate surface area is 195 Å². The zero-order valence-electron chi connectivity index (χ0n) is 19.7. The second kappa shape index (κ2) is 9.58. The molecular formula is C27H31N3O3. The number of fused-ring (bicyclic) bond motifs is 1. The average molecular weight is 446 g/mol. The monoisotopic (exact) mass is 445 g/mol. The molecule has 3 aromatic rings. The van der Waals surface area contributed by atoms with Crippen LogP contribution in [0.4, 0.5) is 10.5 Å². The molecule has 0 bridgehead atoms. The van der Waals surface area contributed by atoms with Crippen molar-refractivity contribution in [3.63, 3.8) is 0 Å². The van der Waals surface area contributed by atoms with Gasteiger partial charge >= 0.3 is 6.09 Å². The van der Waals surface area contributed by atoms with Crippen LogP contribution in [0, 0.1) is 17.2 Å². The van der Waals surface area contributed by atoms with Crippen LogP contribution in [0.25, 0.3) is 22.2 Å². The van der Waals surface area contributed by atoms with Gasteiger partial charge in [0.1, 0.15) is 17.9 Å². The molecule has 1 aliphatic rings. The van der Waals surface area contributed by atoms with Crippen molar-refractivity contribution >= 4 is 22.7 Å². The van der Waals surface area contributed by atoms with Crippen molar-refractivity contribution in [2.45, 2.75) is 59.1 Å². The molecule has 1 atom stereocenters. The third kappa shape index (κ3) is 4.83. The molecule has 1 N–H and O–H groups in total. The van der Waals surface area contributed by atoms with Crippen molar-refractivity contribution in [2.75, 3.05) is 11.9 Å². The summed E-state index contributed by atoms with van der Waals surface area (Å²) in [5.41, 5.74) is 4.06. The number of carbonyl (C=O) groups is 1. The van der Waals surface area contributed by atoms with Crippen LogP contribution in [0.5, 0.6) is 5.75 Å². The first kappa shape index (κ1) is 22.7. The van der Waals surface area contributed by atoms with Crippen molar-refractivity contribution < 1.29 is 14.3 Å². The summed E-state index contributed by atoms with van der Waals surface area (Å²) >= 11 is 0. The Hall–Kier alpha value is -3.46. The number of hydrogen-bond donors (Lipinski definition) is 1. The van der Waals surface area contributed by atoms with Gasteiger partial charge in [0.2, 0.25) is 0 Å². The van der Waals surface area contributed by atoms with Gasteiger partial charge < -0.3 is 14.0 Å². The van der Waals surface area contributed by atoms with Gasteiger partial charge in [-0.25, -0.2) is 4.79 Å². The molecule has 2 aromatic carbocycles. The van der Waals surface area contributed by atoms with Crippen LogP contribution in [-0.4, -0.2) is 23.4 Å². The van der Waals surface area contributed by atoms with E-state index >= 15 is 0 Å². The van der Waals surface area contributed by atoms with Crippen LogP contribution >= 0.6 is 0 Å². The lowest BCUT2D eigenvalue weighted by molar-refractivity contribution is 0.108. The third-order valence-electron chi connectivity index (χ3n) is 6.06. The Morgan fingerprint density at radius 3 is 2.52 bits per heavy atom. The Balaban J connectivity index is 1.65. The van der Waals surface area contributed by atoms with Crippen molar-refractivity contribution in [3.8, 4) is 23.1 Å². The van der Waals surface area contributed by atoms with Gasteiger partial charge in [0.25, 0.3) is 0 Å². The maximum atomic E-state index is 12.2. The van der Waals surface area contributed by atoms with E-state index in [-0.39, 0.29) is 12.1 Å². The summed E-state index contributed by atoms with van der Waals surface area (Å²) in [5, 5.41) is 13.7. The molecule has 1 unspecified atom stereocenters. The summed E-state index contributed by atoms with van der Waals surface area (Å²) in [5.74, 6) is 1.30. The van der Waals surface area contributed by atoms with Gasteiger partial charge in [-0.2, -0.15) is 5.26 Å². The first-order valence-electron chi connectivity index (χ1n) is 11.7. The molecule has 1 saturated carbocycles. The number of hydrogen-bond acceptors (Lipinski definition) is 4. The van der Waals surface area contributed by atoms with Crippen molar-refractivity contribution in [2.24, 2.45) is 5.92 Å². The highest BCUT2D eigenvalue weighted by molar-refractivity contribution is 5.95. The van der Waals surface area contributed by atoms with E-state index in [1.807, 2.05) is 49.4 Å². The molecular weight excluding hydrogens is 414 g/mol. The number of anilines is 1. The number of ether oxygens (including phenoxy) is 2. The molecule has 0 spiro atoms. The molecule has 0 aliphatic heterocycles. The Morgan fingerprint density at radius 1 is 1.18 bits per heavy atom. The Kier molecular flexibility index (Phi) is 6.60. The van der Waals surface area contributed by atoms with Crippen LogP contribution in [-0.2, 0) is 4.74 Å². The predicted molar refractivity (Wildman–Crippen MR) is 131 cm³/mol. The van der Waals surface area contributed by atoms with Crippen LogP contribution in [0.15, 0.2) is 42.5 Å². The summed E-state index contributed by atoms with van der Waals surface area (Å²) < 4.78 is 13.5. The fraction of sp³-hybridized carbons (Fsp3) is 0.407. The van der Waals surface area contributed by atoms with Crippen molar-refractivity contribution in [1.29, 1.82) is 5.26 Å². The first-order chi connectivity index (χ1) is 15.9. The minimum Gasteiger partial charge on any atom is -0.494 e. The molecule has 1 aliphatic carbocycles. The van der Waals surface area contributed by atoms with Crippen LogP contribution in [0.1, 0.15) is 58.6 Å². The second-order valence-corrected chi connectivity index (χ2v) is 8.98. The topological polar surface area (TPSA) is 76.3 Å². The number of amides is 1. The minimum absolute atomic E-state index is 0.0598. The molecule has 1 amide bonds. The molecule has 0 radical (unpaired) electrons. The van der Waals surface area contributed by atoms with Crippen LogP contribution < -0.4 is 10.1 Å². The van der Waals surface area contributed by atoms with Gasteiger partial charge in [-0.15, -0.1) is 0 Å². The predicted octanol–water partition coefficient (Wildman–Crippen LogP) is 6.90. The molecule has 172 valence electrons. The van der Waals surface area contributed by atoms with E-state index < -0.39 is 6.09 Å². The highest BCUT2D eigenvalue weighted by atomic mass is 16.6. The van der Waals surface area contributed by atoms with E-state index in [4.69, 9.17) is 9.47 Å². The highest BCUT2D eigenvalue weighted by Gasteiger charge is 2.30. The molecule has 1 aromatic heterocycles.